The number of amides is 1. The summed E-state index contributed by atoms with van der Waals surface area (Å²) in [6, 6.07) is 11.5. The van der Waals surface area contributed by atoms with Crippen molar-refractivity contribution >= 4 is 51.9 Å². The van der Waals surface area contributed by atoms with Gasteiger partial charge in [-0.05, 0) is 50.1 Å². The van der Waals surface area contributed by atoms with Crippen LogP contribution in [0.5, 0.6) is 11.5 Å². The highest BCUT2D eigenvalue weighted by Gasteiger charge is 2.30. The third-order valence-corrected chi connectivity index (χ3v) is 6.38. The van der Waals surface area contributed by atoms with E-state index in [1.165, 1.54) is 11.8 Å². The lowest BCUT2D eigenvalue weighted by atomic mass is 10.0. The van der Waals surface area contributed by atoms with Crippen molar-refractivity contribution in [2.75, 3.05) is 13.2 Å². The second-order valence-electron chi connectivity index (χ2n) is 6.74. The van der Waals surface area contributed by atoms with Crippen molar-refractivity contribution in [2.24, 2.45) is 0 Å². The van der Waals surface area contributed by atoms with Crippen LogP contribution >= 0.6 is 35.6 Å². The van der Waals surface area contributed by atoms with E-state index < -0.39 is 0 Å². The summed E-state index contributed by atoms with van der Waals surface area (Å²) < 4.78 is 12.6. The fraction of sp³-hybridized carbons (Fsp3) is 0.250. The molecule has 4 nitrogen and oxygen atoms in total. The van der Waals surface area contributed by atoms with Crippen LogP contribution in [0.1, 0.15) is 30.5 Å². The van der Waals surface area contributed by atoms with Crippen molar-refractivity contribution in [3.05, 3.63) is 75.7 Å². The van der Waals surface area contributed by atoms with Crippen molar-refractivity contribution in [3.63, 3.8) is 0 Å². The molecule has 0 bridgehead atoms. The molecule has 0 radical (unpaired) electrons. The van der Waals surface area contributed by atoms with E-state index >= 15 is 0 Å². The number of thiocarbonyl (C=S) groups is 1. The van der Waals surface area contributed by atoms with Gasteiger partial charge in [-0.15, -0.1) is 6.58 Å². The first-order valence-electron chi connectivity index (χ1n) is 10.0. The maximum atomic E-state index is 12.6. The maximum absolute atomic E-state index is 12.6. The minimum absolute atomic E-state index is 0.0697. The molecule has 0 aliphatic carbocycles. The first-order chi connectivity index (χ1) is 15.0. The third kappa shape index (κ3) is 5.50. The molecule has 0 aromatic heterocycles. The van der Waals surface area contributed by atoms with Gasteiger partial charge in [-0.25, -0.2) is 0 Å². The normalized spacial score (nSPS) is 14.9. The minimum atomic E-state index is -0.0697. The molecule has 0 atom stereocenters. The highest BCUT2D eigenvalue weighted by molar-refractivity contribution is 8.26. The molecule has 2 aromatic carbocycles. The lowest BCUT2D eigenvalue weighted by molar-refractivity contribution is -0.121. The van der Waals surface area contributed by atoms with Crippen molar-refractivity contribution in [2.45, 2.75) is 26.9 Å². The number of carbonyl (C=O) groups is 1. The summed E-state index contributed by atoms with van der Waals surface area (Å²) in [5.74, 6) is 1.20. The first-order valence-corrected chi connectivity index (χ1v) is 11.6. The number of benzene rings is 2. The molecule has 1 saturated heterocycles. The minimum Gasteiger partial charge on any atom is -0.490 e. The van der Waals surface area contributed by atoms with Crippen LogP contribution < -0.4 is 9.47 Å². The molecule has 31 heavy (non-hydrogen) atoms. The monoisotopic (exact) mass is 473 g/mol. The van der Waals surface area contributed by atoms with Crippen molar-refractivity contribution < 1.29 is 14.3 Å². The number of rotatable bonds is 9. The molecule has 0 N–H and O–H groups in total. The van der Waals surface area contributed by atoms with E-state index in [1.807, 2.05) is 62.4 Å². The number of carbonyl (C=O) groups excluding carboxylic acids is 1. The summed E-state index contributed by atoms with van der Waals surface area (Å²) in [4.78, 5) is 14.8. The van der Waals surface area contributed by atoms with E-state index in [4.69, 9.17) is 33.3 Å². The molecule has 7 heteroatoms. The Bertz CT molecular complexity index is 1040. The van der Waals surface area contributed by atoms with Gasteiger partial charge in [-0.3, -0.25) is 9.69 Å². The van der Waals surface area contributed by atoms with Gasteiger partial charge < -0.3 is 9.47 Å². The van der Waals surface area contributed by atoms with Crippen molar-refractivity contribution in [1.82, 2.24) is 4.90 Å². The van der Waals surface area contributed by atoms with Gasteiger partial charge in [-0.1, -0.05) is 59.9 Å². The van der Waals surface area contributed by atoms with Gasteiger partial charge in [0, 0.05) is 22.7 Å². The second kappa shape index (κ2) is 10.8. The summed E-state index contributed by atoms with van der Waals surface area (Å²) in [6.07, 6.45) is 4.26. The van der Waals surface area contributed by atoms with Gasteiger partial charge >= 0.3 is 0 Å². The van der Waals surface area contributed by atoms with Gasteiger partial charge in [0.05, 0.1) is 11.5 Å². The van der Waals surface area contributed by atoms with Crippen LogP contribution in [0.15, 0.2) is 54.0 Å². The Morgan fingerprint density at radius 2 is 1.97 bits per heavy atom. The summed E-state index contributed by atoms with van der Waals surface area (Å²) in [5, 5.41) is 0.653. The van der Waals surface area contributed by atoms with Crippen LogP contribution in [-0.2, 0) is 17.8 Å². The van der Waals surface area contributed by atoms with Gasteiger partial charge in [0.2, 0.25) is 0 Å². The number of likely N-dealkylation sites (N-methyl/N-ethyl adjacent to an activating group) is 1. The Hall–Kier alpha value is -2.28. The number of ether oxygens (including phenoxy) is 2. The lowest BCUT2D eigenvalue weighted by Gasteiger charge is -2.17. The van der Waals surface area contributed by atoms with Crippen LogP contribution in [0.2, 0.25) is 5.02 Å². The largest absolute Gasteiger partial charge is 0.490 e. The molecular weight excluding hydrogens is 450 g/mol. The summed E-state index contributed by atoms with van der Waals surface area (Å²) in [7, 11) is 0. The van der Waals surface area contributed by atoms with E-state index in [1.54, 1.807) is 4.90 Å². The van der Waals surface area contributed by atoms with E-state index in [-0.39, 0.29) is 5.91 Å². The van der Waals surface area contributed by atoms with Gasteiger partial charge in [0.1, 0.15) is 10.9 Å². The highest BCUT2D eigenvalue weighted by Crippen LogP contribution is 2.38. The van der Waals surface area contributed by atoms with Gasteiger partial charge in [-0.2, -0.15) is 0 Å². The Morgan fingerprint density at radius 1 is 1.19 bits per heavy atom. The van der Waals surface area contributed by atoms with Crippen LogP contribution in [0.25, 0.3) is 6.08 Å². The first kappa shape index (κ1) is 23.4. The summed E-state index contributed by atoms with van der Waals surface area (Å²) >= 11 is 12.9. The topological polar surface area (TPSA) is 38.8 Å². The number of allylic oxidation sites excluding steroid dienone is 1. The molecule has 0 saturated carbocycles. The predicted octanol–water partition coefficient (Wildman–Crippen LogP) is 6.27. The van der Waals surface area contributed by atoms with Crippen molar-refractivity contribution in [3.8, 4) is 11.5 Å². The molecule has 0 spiro atoms. The number of hydrogen-bond acceptors (Lipinski definition) is 5. The standard InChI is InChI=1S/C24H24ClNO3S2/c1-4-9-17-12-16(14-21-23(27)26(5-2)24(30)31-21)13-20(28-6-3)22(17)29-15-18-10-7-8-11-19(18)25/h4,7-8,10-14H,1,5-6,9,15H2,2-3H3. The van der Waals surface area contributed by atoms with E-state index in [0.717, 1.165) is 16.7 Å². The molecule has 162 valence electrons. The molecule has 0 unspecified atom stereocenters. The summed E-state index contributed by atoms with van der Waals surface area (Å²) in [6.45, 7) is 9.06. The van der Waals surface area contributed by atoms with Crippen molar-refractivity contribution in [1.29, 1.82) is 0 Å². The van der Waals surface area contributed by atoms with Crippen LogP contribution in [0.3, 0.4) is 0 Å². The zero-order valence-electron chi connectivity index (χ0n) is 17.5. The average Bonchev–Trinajstić information content (AvgIpc) is 3.01. The second-order valence-corrected chi connectivity index (χ2v) is 8.82. The SMILES string of the molecule is C=CCc1cc(C=C2SC(=S)N(CC)C2=O)cc(OCC)c1OCc1ccccc1Cl. The Kier molecular flexibility index (Phi) is 8.18. The Balaban J connectivity index is 1.97. The fourth-order valence-corrected chi connectivity index (χ4v) is 4.76. The van der Waals surface area contributed by atoms with E-state index in [0.29, 0.717) is 51.9 Å². The van der Waals surface area contributed by atoms with E-state index in [2.05, 4.69) is 6.58 Å². The highest BCUT2D eigenvalue weighted by atomic mass is 35.5. The molecular formula is C24H24ClNO3S2. The Morgan fingerprint density at radius 3 is 2.61 bits per heavy atom. The molecule has 1 aliphatic rings. The van der Waals surface area contributed by atoms with Gasteiger partial charge in [0.25, 0.3) is 5.91 Å². The number of nitrogens with zero attached hydrogens (tertiary/aromatic N) is 1. The molecule has 1 heterocycles. The third-order valence-electron chi connectivity index (χ3n) is 4.64. The lowest BCUT2D eigenvalue weighted by Crippen LogP contribution is -2.27. The zero-order chi connectivity index (χ0) is 22.4. The molecule has 1 fully saturated rings. The quantitative estimate of drug-likeness (QED) is 0.244. The average molecular weight is 474 g/mol. The molecule has 1 amide bonds. The van der Waals surface area contributed by atoms with Gasteiger partial charge in [0.15, 0.2) is 11.5 Å². The van der Waals surface area contributed by atoms with E-state index in [9.17, 15) is 4.79 Å². The number of halogens is 1. The molecule has 2 aromatic rings. The Labute approximate surface area is 197 Å². The fourth-order valence-electron chi connectivity index (χ4n) is 3.19. The molecule has 3 rings (SSSR count). The molecule has 1 aliphatic heterocycles. The van der Waals surface area contributed by atoms with Crippen LogP contribution in [0.4, 0.5) is 0 Å². The number of thioether (sulfide) groups is 1. The predicted molar refractivity (Wildman–Crippen MR) is 133 cm³/mol. The summed E-state index contributed by atoms with van der Waals surface area (Å²) in [5.41, 5.74) is 2.66. The van der Waals surface area contributed by atoms with Crippen LogP contribution in [-0.4, -0.2) is 28.3 Å². The number of hydrogen-bond donors (Lipinski definition) is 0. The van der Waals surface area contributed by atoms with Crippen LogP contribution in [0, 0.1) is 0 Å². The zero-order valence-corrected chi connectivity index (χ0v) is 19.9. The maximum Gasteiger partial charge on any atom is 0.266 e. The smallest absolute Gasteiger partial charge is 0.266 e.